The molecular formula is C11H14BrNO2. The van der Waals surface area contributed by atoms with Gasteiger partial charge >= 0.3 is 0 Å². The first-order chi connectivity index (χ1) is 7.00. The Morgan fingerprint density at radius 2 is 1.87 bits per heavy atom. The molecule has 1 unspecified atom stereocenters. The largest absolute Gasteiger partial charge is 0.269 e. The van der Waals surface area contributed by atoms with E-state index in [1.807, 2.05) is 12.1 Å². The van der Waals surface area contributed by atoms with Gasteiger partial charge in [0.15, 0.2) is 0 Å². The topological polar surface area (TPSA) is 43.1 Å². The number of rotatable bonds is 4. The molecule has 0 spiro atoms. The lowest BCUT2D eigenvalue weighted by atomic mass is 10.0. The van der Waals surface area contributed by atoms with Crippen molar-refractivity contribution in [1.29, 1.82) is 0 Å². The Labute approximate surface area is 97.8 Å². The molecule has 1 atom stereocenters. The highest BCUT2D eigenvalue weighted by Gasteiger charge is 2.11. The number of non-ortho nitro benzene ring substituents is 1. The zero-order chi connectivity index (χ0) is 11.4. The first-order valence-corrected chi connectivity index (χ1v) is 5.79. The third-order valence-electron chi connectivity index (χ3n) is 2.30. The number of benzene rings is 1. The molecule has 1 aromatic rings. The van der Waals surface area contributed by atoms with Crippen molar-refractivity contribution in [3.63, 3.8) is 0 Å². The van der Waals surface area contributed by atoms with E-state index in [9.17, 15) is 10.1 Å². The second-order valence-electron chi connectivity index (χ2n) is 3.89. The minimum atomic E-state index is -0.377. The average molecular weight is 272 g/mol. The molecule has 4 heteroatoms. The van der Waals surface area contributed by atoms with Crippen molar-refractivity contribution < 1.29 is 4.92 Å². The highest BCUT2D eigenvalue weighted by Crippen LogP contribution is 2.19. The van der Waals surface area contributed by atoms with Crippen molar-refractivity contribution in [2.45, 2.75) is 25.1 Å². The number of halogens is 1. The molecule has 1 aromatic carbocycles. The van der Waals surface area contributed by atoms with Crippen LogP contribution in [0.25, 0.3) is 0 Å². The predicted molar refractivity (Wildman–Crippen MR) is 64.4 cm³/mol. The van der Waals surface area contributed by atoms with Gasteiger partial charge in [0.1, 0.15) is 0 Å². The SMILES string of the molecule is CC(C)C(Br)Cc1ccc([N+](=O)[O-])cc1. The van der Waals surface area contributed by atoms with Crippen molar-refractivity contribution in [2.75, 3.05) is 0 Å². The Kier molecular flexibility index (Phi) is 4.27. The van der Waals surface area contributed by atoms with Crippen LogP contribution in [0.2, 0.25) is 0 Å². The molecule has 0 heterocycles. The number of nitrogens with zero attached hydrogens (tertiary/aromatic N) is 1. The summed E-state index contributed by atoms with van der Waals surface area (Å²) in [4.78, 5) is 10.5. The Hall–Kier alpha value is -0.900. The highest BCUT2D eigenvalue weighted by atomic mass is 79.9. The van der Waals surface area contributed by atoms with Gasteiger partial charge < -0.3 is 0 Å². The van der Waals surface area contributed by atoms with E-state index in [2.05, 4.69) is 29.8 Å². The van der Waals surface area contributed by atoms with E-state index < -0.39 is 0 Å². The van der Waals surface area contributed by atoms with E-state index in [1.54, 1.807) is 12.1 Å². The number of nitro groups is 1. The number of hydrogen-bond acceptors (Lipinski definition) is 2. The maximum Gasteiger partial charge on any atom is 0.269 e. The first-order valence-electron chi connectivity index (χ1n) is 4.88. The lowest BCUT2D eigenvalue weighted by Crippen LogP contribution is -2.10. The summed E-state index contributed by atoms with van der Waals surface area (Å²) in [6, 6.07) is 6.73. The Morgan fingerprint density at radius 3 is 2.27 bits per heavy atom. The van der Waals surface area contributed by atoms with Gasteiger partial charge in [0.05, 0.1) is 4.92 Å². The lowest BCUT2D eigenvalue weighted by molar-refractivity contribution is -0.384. The fourth-order valence-electron chi connectivity index (χ4n) is 1.21. The molecule has 0 aliphatic heterocycles. The summed E-state index contributed by atoms with van der Waals surface area (Å²) in [7, 11) is 0. The second kappa shape index (κ2) is 5.26. The van der Waals surface area contributed by atoms with Gasteiger partial charge in [-0.1, -0.05) is 41.9 Å². The third-order valence-corrected chi connectivity index (χ3v) is 3.68. The van der Waals surface area contributed by atoms with Crippen molar-refractivity contribution in [3.05, 3.63) is 39.9 Å². The van der Waals surface area contributed by atoms with Crippen molar-refractivity contribution >= 4 is 21.6 Å². The summed E-state index contributed by atoms with van der Waals surface area (Å²) in [5.41, 5.74) is 1.27. The van der Waals surface area contributed by atoms with E-state index in [1.165, 1.54) is 0 Å². The van der Waals surface area contributed by atoms with Crippen molar-refractivity contribution in [3.8, 4) is 0 Å². The van der Waals surface area contributed by atoms with Crippen LogP contribution in [0.15, 0.2) is 24.3 Å². The third kappa shape index (κ3) is 3.63. The summed E-state index contributed by atoms with van der Waals surface area (Å²) in [5, 5.41) is 10.4. The Bertz CT molecular complexity index is 335. The Morgan fingerprint density at radius 1 is 1.33 bits per heavy atom. The molecule has 3 nitrogen and oxygen atoms in total. The molecule has 0 bridgehead atoms. The first kappa shape index (κ1) is 12.2. The quantitative estimate of drug-likeness (QED) is 0.478. The van der Waals surface area contributed by atoms with E-state index in [4.69, 9.17) is 0 Å². The predicted octanol–water partition coefficient (Wildman–Crippen LogP) is 3.56. The zero-order valence-corrected chi connectivity index (χ0v) is 10.4. The van der Waals surface area contributed by atoms with E-state index in [-0.39, 0.29) is 10.6 Å². The van der Waals surface area contributed by atoms with Crippen LogP contribution in [0, 0.1) is 16.0 Å². The molecule has 0 aliphatic carbocycles. The summed E-state index contributed by atoms with van der Waals surface area (Å²) < 4.78 is 0. The standard InChI is InChI=1S/C11H14BrNO2/c1-8(2)11(12)7-9-3-5-10(6-4-9)13(14)15/h3-6,8,11H,7H2,1-2H3. The van der Waals surface area contributed by atoms with Crippen LogP contribution in [0.1, 0.15) is 19.4 Å². The minimum Gasteiger partial charge on any atom is -0.258 e. The zero-order valence-electron chi connectivity index (χ0n) is 8.81. The lowest BCUT2D eigenvalue weighted by Gasteiger charge is -2.13. The van der Waals surface area contributed by atoms with Crippen LogP contribution in [-0.4, -0.2) is 9.75 Å². The molecule has 0 amide bonds. The summed E-state index contributed by atoms with van der Waals surface area (Å²) in [6.07, 6.45) is 0.898. The Balaban J connectivity index is 2.68. The van der Waals surface area contributed by atoms with Crippen LogP contribution in [0.4, 0.5) is 5.69 Å². The fourth-order valence-corrected chi connectivity index (χ4v) is 1.59. The molecule has 0 fully saturated rings. The van der Waals surface area contributed by atoms with Crippen LogP contribution in [-0.2, 0) is 6.42 Å². The van der Waals surface area contributed by atoms with Crippen LogP contribution in [0.5, 0.6) is 0 Å². The number of hydrogen-bond donors (Lipinski definition) is 0. The summed E-state index contributed by atoms with van der Waals surface area (Å²) >= 11 is 3.59. The van der Waals surface area contributed by atoms with Crippen LogP contribution < -0.4 is 0 Å². The fraction of sp³-hybridized carbons (Fsp3) is 0.455. The molecule has 0 N–H and O–H groups in total. The van der Waals surface area contributed by atoms with Gasteiger partial charge in [-0.2, -0.15) is 0 Å². The molecule has 82 valence electrons. The molecule has 0 aromatic heterocycles. The maximum absolute atomic E-state index is 10.4. The van der Waals surface area contributed by atoms with Crippen LogP contribution in [0.3, 0.4) is 0 Å². The van der Waals surface area contributed by atoms with Gasteiger partial charge in [0.25, 0.3) is 5.69 Å². The molecule has 1 rings (SSSR count). The molecule has 0 aliphatic rings. The number of nitro benzene ring substituents is 1. The molecule has 0 saturated carbocycles. The molecule has 0 saturated heterocycles. The van der Waals surface area contributed by atoms with Gasteiger partial charge in [0, 0.05) is 17.0 Å². The van der Waals surface area contributed by atoms with Crippen molar-refractivity contribution in [2.24, 2.45) is 5.92 Å². The highest BCUT2D eigenvalue weighted by molar-refractivity contribution is 9.09. The van der Waals surface area contributed by atoms with E-state index in [0.717, 1.165) is 12.0 Å². The molecule has 15 heavy (non-hydrogen) atoms. The summed E-state index contributed by atoms with van der Waals surface area (Å²) in [5.74, 6) is 0.556. The van der Waals surface area contributed by atoms with Gasteiger partial charge in [-0.05, 0) is 17.9 Å². The van der Waals surface area contributed by atoms with Crippen molar-refractivity contribution in [1.82, 2.24) is 0 Å². The molecular weight excluding hydrogens is 258 g/mol. The summed E-state index contributed by atoms with van der Waals surface area (Å²) in [6.45, 7) is 4.29. The van der Waals surface area contributed by atoms with Gasteiger partial charge in [0.2, 0.25) is 0 Å². The smallest absolute Gasteiger partial charge is 0.258 e. The minimum absolute atomic E-state index is 0.148. The van der Waals surface area contributed by atoms with Gasteiger partial charge in [-0.25, -0.2) is 0 Å². The number of alkyl halides is 1. The maximum atomic E-state index is 10.4. The molecule has 0 radical (unpaired) electrons. The normalized spacial score (nSPS) is 12.8. The average Bonchev–Trinajstić information content (AvgIpc) is 2.18. The van der Waals surface area contributed by atoms with Gasteiger partial charge in [-0.15, -0.1) is 0 Å². The second-order valence-corrected chi connectivity index (χ2v) is 5.06. The van der Waals surface area contributed by atoms with E-state index in [0.29, 0.717) is 10.7 Å². The monoisotopic (exact) mass is 271 g/mol. The van der Waals surface area contributed by atoms with Crippen LogP contribution >= 0.6 is 15.9 Å². The van der Waals surface area contributed by atoms with Gasteiger partial charge in [-0.3, -0.25) is 10.1 Å². The van der Waals surface area contributed by atoms with E-state index >= 15 is 0 Å².